The first-order valence-electron chi connectivity index (χ1n) is 7.01. The summed E-state index contributed by atoms with van der Waals surface area (Å²) >= 11 is 0. The predicted molar refractivity (Wildman–Crippen MR) is 72.9 cm³/mol. The summed E-state index contributed by atoms with van der Waals surface area (Å²) in [6.45, 7) is 5.25. The van der Waals surface area contributed by atoms with E-state index in [1.54, 1.807) is 0 Å². The first-order chi connectivity index (χ1) is 8.86. The lowest BCUT2D eigenvalue weighted by atomic mass is 10.0. The van der Waals surface area contributed by atoms with Crippen LogP contribution in [-0.4, -0.2) is 37.7 Å². The largest absolute Gasteiger partial charge is 0.493 e. The Kier molecular flexibility index (Phi) is 3.52. The fourth-order valence-corrected chi connectivity index (χ4v) is 3.24. The van der Waals surface area contributed by atoms with Crippen molar-refractivity contribution in [2.75, 3.05) is 32.8 Å². The number of hydrogen-bond donors (Lipinski definition) is 1. The molecule has 0 saturated carbocycles. The zero-order chi connectivity index (χ0) is 12.4. The number of fused-ring (bicyclic) bond motifs is 1. The van der Waals surface area contributed by atoms with Gasteiger partial charge in [-0.15, -0.1) is 0 Å². The second-order valence-electron chi connectivity index (χ2n) is 5.54. The molecule has 0 aromatic heterocycles. The molecule has 2 aliphatic rings. The van der Waals surface area contributed by atoms with Crippen LogP contribution in [0.2, 0.25) is 0 Å². The van der Waals surface area contributed by atoms with Gasteiger partial charge in [0.25, 0.3) is 0 Å². The van der Waals surface area contributed by atoms with E-state index in [1.807, 2.05) is 6.07 Å². The fourth-order valence-electron chi connectivity index (χ4n) is 3.24. The first kappa shape index (κ1) is 12.0. The topological polar surface area (TPSA) is 38.5 Å². The molecule has 0 aliphatic carbocycles. The molecule has 2 atom stereocenters. The van der Waals surface area contributed by atoms with Crippen molar-refractivity contribution in [3.05, 3.63) is 29.8 Å². The van der Waals surface area contributed by atoms with Crippen molar-refractivity contribution in [1.29, 1.82) is 0 Å². The Labute approximate surface area is 109 Å². The minimum absolute atomic E-state index is 0.554. The molecule has 2 N–H and O–H groups in total. The molecule has 2 aliphatic heterocycles. The van der Waals surface area contributed by atoms with E-state index >= 15 is 0 Å². The summed E-state index contributed by atoms with van der Waals surface area (Å²) in [6, 6.07) is 8.45. The molecule has 0 bridgehead atoms. The number of hydrogen-bond acceptors (Lipinski definition) is 3. The standard InChI is InChI=1S/C15H22N2O/c16-7-5-12-6-8-17(9-12)10-13-11-18-15-4-2-1-3-14(13)15/h1-4,12-13H,5-11,16H2. The molecular weight excluding hydrogens is 224 g/mol. The van der Waals surface area contributed by atoms with Gasteiger partial charge in [0.2, 0.25) is 0 Å². The van der Waals surface area contributed by atoms with E-state index in [1.165, 1.54) is 31.5 Å². The molecule has 2 heterocycles. The van der Waals surface area contributed by atoms with E-state index < -0.39 is 0 Å². The highest BCUT2D eigenvalue weighted by Crippen LogP contribution is 2.34. The number of ether oxygens (including phenoxy) is 1. The fraction of sp³-hybridized carbons (Fsp3) is 0.600. The summed E-state index contributed by atoms with van der Waals surface area (Å²) in [7, 11) is 0. The van der Waals surface area contributed by atoms with Crippen molar-refractivity contribution in [3.8, 4) is 5.75 Å². The van der Waals surface area contributed by atoms with Crippen molar-refractivity contribution >= 4 is 0 Å². The van der Waals surface area contributed by atoms with Crippen LogP contribution in [0.3, 0.4) is 0 Å². The molecule has 2 unspecified atom stereocenters. The Bertz CT molecular complexity index is 407. The van der Waals surface area contributed by atoms with Gasteiger partial charge in [0.05, 0.1) is 6.61 Å². The van der Waals surface area contributed by atoms with Crippen LogP contribution in [0.5, 0.6) is 5.75 Å². The van der Waals surface area contributed by atoms with E-state index in [2.05, 4.69) is 23.1 Å². The van der Waals surface area contributed by atoms with Gasteiger partial charge in [-0.1, -0.05) is 18.2 Å². The van der Waals surface area contributed by atoms with E-state index in [0.29, 0.717) is 5.92 Å². The number of likely N-dealkylation sites (tertiary alicyclic amines) is 1. The van der Waals surface area contributed by atoms with Crippen LogP contribution >= 0.6 is 0 Å². The van der Waals surface area contributed by atoms with Crippen molar-refractivity contribution < 1.29 is 4.74 Å². The monoisotopic (exact) mass is 246 g/mol. The average molecular weight is 246 g/mol. The lowest BCUT2D eigenvalue weighted by molar-refractivity contribution is 0.261. The van der Waals surface area contributed by atoms with Crippen molar-refractivity contribution in [2.45, 2.75) is 18.8 Å². The average Bonchev–Trinajstić information content (AvgIpc) is 2.99. The molecule has 0 radical (unpaired) electrons. The van der Waals surface area contributed by atoms with E-state index in [9.17, 15) is 0 Å². The van der Waals surface area contributed by atoms with Crippen LogP contribution < -0.4 is 10.5 Å². The quantitative estimate of drug-likeness (QED) is 0.881. The van der Waals surface area contributed by atoms with Gasteiger partial charge in [0.15, 0.2) is 0 Å². The number of para-hydroxylation sites is 1. The van der Waals surface area contributed by atoms with Crippen LogP contribution in [0, 0.1) is 5.92 Å². The van der Waals surface area contributed by atoms with Crippen LogP contribution in [0.1, 0.15) is 24.3 Å². The summed E-state index contributed by atoms with van der Waals surface area (Å²) in [6.07, 6.45) is 2.49. The molecule has 1 fully saturated rings. The van der Waals surface area contributed by atoms with E-state index in [-0.39, 0.29) is 0 Å². The summed E-state index contributed by atoms with van der Waals surface area (Å²) < 4.78 is 5.75. The third-order valence-corrected chi connectivity index (χ3v) is 4.22. The molecular formula is C15H22N2O. The van der Waals surface area contributed by atoms with Gasteiger partial charge >= 0.3 is 0 Å². The third kappa shape index (κ3) is 2.38. The maximum absolute atomic E-state index is 5.75. The van der Waals surface area contributed by atoms with Crippen molar-refractivity contribution in [2.24, 2.45) is 11.7 Å². The maximum Gasteiger partial charge on any atom is 0.122 e. The maximum atomic E-state index is 5.75. The second-order valence-corrected chi connectivity index (χ2v) is 5.54. The normalized spacial score (nSPS) is 27.2. The predicted octanol–water partition coefficient (Wildman–Crippen LogP) is 1.83. The SMILES string of the molecule is NCCC1CCN(CC2COc3ccccc32)C1. The van der Waals surface area contributed by atoms with Crippen LogP contribution in [-0.2, 0) is 0 Å². The third-order valence-electron chi connectivity index (χ3n) is 4.22. The second kappa shape index (κ2) is 5.29. The van der Waals surface area contributed by atoms with Gasteiger partial charge in [0, 0.05) is 24.6 Å². The molecule has 1 aromatic rings. The molecule has 3 nitrogen and oxygen atoms in total. The summed E-state index contributed by atoms with van der Waals surface area (Å²) in [4.78, 5) is 2.58. The van der Waals surface area contributed by atoms with Gasteiger partial charge in [-0.05, 0) is 37.9 Å². The number of benzene rings is 1. The highest BCUT2D eigenvalue weighted by atomic mass is 16.5. The van der Waals surface area contributed by atoms with Crippen molar-refractivity contribution in [1.82, 2.24) is 4.90 Å². The van der Waals surface area contributed by atoms with E-state index in [0.717, 1.165) is 31.4 Å². The lowest BCUT2D eigenvalue weighted by Gasteiger charge is -2.19. The van der Waals surface area contributed by atoms with Crippen molar-refractivity contribution in [3.63, 3.8) is 0 Å². The molecule has 1 aromatic carbocycles. The Morgan fingerprint density at radius 2 is 2.22 bits per heavy atom. The Hall–Kier alpha value is -1.06. The number of nitrogens with two attached hydrogens (primary N) is 1. The minimum atomic E-state index is 0.554. The van der Waals surface area contributed by atoms with Gasteiger partial charge in [0.1, 0.15) is 5.75 Å². The summed E-state index contributed by atoms with van der Waals surface area (Å²) in [5.74, 6) is 2.45. The molecule has 0 spiro atoms. The summed E-state index contributed by atoms with van der Waals surface area (Å²) in [5, 5.41) is 0. The van der Waals surface area contributed by atoms with Gasteiger partial charge in [-0.25, -0.2) is 0 Å². The van der Waals surface area contributed by atoms with Crippen LogP contribution in [0.4, 0.5) is 0 Å². The minimum Gasteiger partial charge on any atom is -0.493 e. The molecule has 1 saturated heterocycles. The van der Waals surface area contributed by atoms with Gasteiger partial charge in [-0.3, -0.25) is 0 Å². The van der Waals surface area contributed by atoms with Gasteiger partial charge in [-0.2, -0.15) is 0 Å². The first-order valence-corrected chi connectivity index (χ1v) is 7.01. The molecule has 18 heavy (non-hydrogen) atoms. The van der Waals surface area contributed by atoms with Crippen LogP contribution in [0.15, 0.2) is 24.3 Å². The Morgan fingerprint density at radius 1 is 1.33 bits per heavy atom. The highest BCUT2D eigenvalue weighted by Gasteiger charge is 2.29. The molecule has 3 heteroatoms. The molecule has 3 rings (SSSR count). The molecule has 98 valence electrons. The highest BCUT2D eigenvalue weighted by molar-refractivity contribution is 5.39. The summed E-state index contributed by atoms with van der Waals surface area (Å²) in [5.41, 5.74) is 7.03. The van der Waals surface area contributed by atoms with Crippen LogP contribution in [0.25, 0.3) is 0 Å². The smallest absolute Gasteiger partial charge is 0.122 e. The van der Waals surface area contributed by atoms with Gasteiger partial charge < -0.3 is 15.4 Å². The molecule has 0 amide bonds. The Morgan fingerprint density at radius 3 is 3.11 bits per heavy atom. The number of rotatable bonds is 4. The zero-order valence-electron chi connectivity index (χ0n) is 10.8. The van der Waals surface area contributed by atoms with E-state index in [4.69, 9.17) is 10.5 Å². The number of nitrogens with zero attached hydrogens (tertiary/aromatic N) is 1. The Balaban J connectivity index is 1.59. The zero-order valence-corrected chi connectivity index (χ0v) is 10.8. The lowest BCUT2D eigenvalue weighted by Crippen LogP contribution is -2.27.